The highest BCUT2D eigenvalue weighted by Crippen LogP contribution is 2.59. The van der Waals surface area contributed by atoms with E-state index in [1.165, 1.54) is 0 Å². The molecule has 1 saturated heterocycles. The molecule has 0 aromatic heterocycles. The highest BCUT2D eigenvalue weighted by molar-refractivity contribution is 5.98. The number of hydrogen-bond donors (Lipinski definition) is 3. The van der Waals surface area contributed by atoms with Crippen molar-refractivity contribution in [2.45, 2.75) is 55.6 Å². The van der Waals surface area contributed by atoms with Crippen molar-refractivity contribution in [2.24, 2.45) is 0 Å². The van der Waals surface area contributed by atoms with Gasteiger partial charge in [0.05, 0.1) is 11.2 Å². The number of aliphatic hydroxyl groups is 1. The van der Waals surface area contributed by atoms with Gasteiger partial charge in [-0.2, -0.15) is 0 Å². The SMILES string of the molecule is CN1CC[C@]23CC(=O)CC[C@@]2(O)[C@H]1Cc1ccc(C(=O)NCCc2ccc(-c4ccccc4)cc2)c(O)c13.Cl. The van der Waals surface area contributed by atoms with Gasteiger partial charge in [0, 0.05) is 36.4 Å². The number of rotatable bonds is 5. The molecule has 3 aromatic carbocycles. The summed E-state index contributed by atoms with van der Waals surface area (Å²) >= 11 is 0. The lowest BCUT2D eigenvalue weighted by molar-refractivity contribution is -0.169. The molecule has 1 aliphatic heterocycles. The molecule has 1 amide bonds. The largest absolute Gasteiger partial charge is 0.507 e. The first-order chi connectivity index (χ1) is 18.3. The molecule has 2 bridgehead atoms. The molecule has 7 heteroatoms. The molecule has 2 aliphatic carbocycles. The van der Waals surface area contributed by atoms with Crippen molar-refractivity contribution in [3.8, 4) is 16.9 Å². The number of likely N-dealkylation sites (tertiary alicyclic amines) is 1. The molecule has 39 heavy (non-hydrogen) atoms. The standard InChI is InChI=1S/C32H34N2O4.ClH/c1-34-18-16-31-20-25(35)13-15-32(31,38)27(34)19-24-11-12-26(29(36)28(24)31)30(37)33-17-14-21-7-9-23(10-8-21)22-5-3-2-4-6-22;/h2-12,27,36,38H,13-20H2,1H3,(H,33,37);1H/t27-,31-,32-;/m1./s1. The summed E-state index contributed by atoms with van der Waals surface area (Å²) in [6.45, 7) is 1.17. The Morgan fingerprint density at radius 2 is 1.74 bits per heavy atom. The van der Waals surface area contributed by atoms with Crippen LogP contribution in [0.4, 0.5) is 0 Å². The summed E-state index contributed by atoms with van der Waals surface area (Å²) < 4.78 is 0. The topological polar surface area (TPSA) is 89.9 Å². The van der Waals surface area contributed by atoms with Crippen LogP contribution in [0.1, 0.15) is 52.7 Å². The van der Waals surface area contributed by atoms with Gasteiger partial charge < -0.3 is 20.4 Å². The first kappa shape index (κ1) is 27.4. The summed E-state index contributed by atoms with van der Waals surface area (Å²) in [6.07, 6.45) is 2.78. The molecule has 1 heterocycles. The number of halogens is 1. The van der Waals surface area contributed by atoms with Gasteiger partial charge in [-0.3, -0.25) is 9.59 Å². The zero-order chi connectivity index (χ0) is 26.5. The minimum atomic E-state index is -1.10. The van der Waals surface area contributed by atoms with Crippen molar-refractivity contribution in [3.05, 3.63) is 89.0 Å². The van der Waals surface area contributed by atoms with E-state index in [4.69, 9.17) is 0 Å². The van der Waals surface area contributed by atoms with Crippen LogP contribution in [0.5, 0.6) is 5.75 Å². The second-order valence-corrected chi connectivity index (χ2v) is 11.2. The quantitative estimate of drug-likeness (QED) is 0.440. The minimum absolute atomic E-state index is 0. The van der Waals surface area contributed by atoms with Crippen molar-refractivity contribution in [3.63, 3.8) is 0 Å². The van der Waals surface area contributed by atoms with Gasteiger partial charge in [0.15, 0.2) is 0 Å². The molecular formula is C32H35ClN2O4. The van der Waals surface area contributed by atoms with Crippen molar-refractivity contribution in [1.29, 1.82) is 0 Å². The van der Waals surface area contributed by atoms with Gasteiger partial charge in [0.25, 0.3) is 5.91 Å². The molecule has 0 unspecified atom stereocenters. The Morgan fingerprint density at radius 3 is 2.49 bits per heavy atom. The van der Waals surface area contributed by atoms with Crippen molar-refractivity contribution in [1.82, 2.24) is 10.2 Å². The Balaban J connectivity index is 0.00000308. The number of carbonyl (C=O) groups is 2. The summed E-state index contributed by atoms with van der Waals surface area (Å²) in [6, 6.07) is 22.0. The summed E-state index contributed by atoms with van der Waals surface area (Å²) in [5.74, 6) is -0.315. The number of carbonyl (C=O) groups excluding carboxylic acids is 2. The van der Waals surface area contributed by atoms with E-state index >= 15 is 0 Å². The molecule has 6 rings (SSSR count). The number of likely N-dealkylation sites (N-methyl/N-ethyl adjacent to an activating group) is 1. The van der Waals surface area contributed by atoms with Crippen molar-refractivity contribution >= 4 is 24.1 Å². The van der Waals surface area contributed by atoms with E-state index in [2.05, 4.69) is 46.6 Å². The second kappa shape index (κ2) is 10.4. The molecule has 3 atom stereocenters. The maximum absolute atomic E-state index is 13.2. The lowest BCUT2D eigenvalue weighted by atomic mass is 9.49. The molecule has 2 fully saturated rings. The molecule has 3 aromatic rings. The summed E-state index contributed by atoms with van der Waals surface area (Å²) in [5.41, 5.74) is 3.21. The maximum Gasteiger partial charge on any atom is 0.255 e. The van der Waals surface area contributed by atoms with Gasteiger partial charge in [-0.1, -0.05) is 60.7 Å². The minimum Gasteiger partial charge on any atom is -0.507 e. The molecule has 1 saturated carbocycles. The molecule has 3 N–H and O–H groups in total. The number of nitrogens with zero attached hydrogens (tertiary/aromatic N) is 1. The number of hydrogen-bond acceptors (Lipinski definition) is 5. The van der Waals surface area contributed by atoms with E-state index in [1.807, 2.05) is 31.3 Å². The fourth-order valence-electron chi connectivity index (χ4n) is 7.22. The van der Waals surface area contributed by atoms with Crippen LogP contribution < -0.4 is 5.32 Å². The van der Waals surface area contributed by atoms with Gasteiger partial charge >= 0.3 is 0 Å². The summed E-state index contributed by atoms with van der Waals surface area (Å²) in [7, 11) is 2.02. The predicted molar refractivity (Wildman–Crippen MR) is 153 cm³/mol. The number of nitrogens with one attached hydrogen (secondary N) is 1. The number of phenols is 1. The highest BCUT2D eigenvalue weighted by atomic mass is 35.5. The van der Waals surface area contributed by atoms with Crippen molar-refractivity contribution in [2.75, 3.05) is 20.1 Å². The van der Waals surface area contributed by atoms with E-state index in [0.717, 1.165) is 28.8 Å². The lowest BCUT2D eigenvalue weighted by Gasteiger charge is -2.62. The van der Waals surface area contributed by atoms with Crippen LogP contribution in [0.3, 0.4) is 0 Å². The first-order valence-corrected chi connectivity index (χ1v) is 13.5. The molecule has 6 nitrogen and oxygen atoms in total. The second-order valence-electron chi connectivity index (χ2n) is 11.2. The number of amides is 1. The average Bonchev–Trinajstić information content (AvgIpc) is 2.92. The number of phenolic OH excluding ortho intramolecular Hbond substituents is 1. The summed E-state index contributed by atoms with van der Waals surface area (Å²) in [5, 5.41) is 26.4. The van der Waals surface area contributed by atoms with E-state index in [0.29, 0.717) is 44.2 Å². The number of piperidine rings is 1. The Bertz CT molecular complexity index is 1390. The summed E-state index contributed by atoms with van der Waals surface area (Å²) in [4.78, 5) is 28.0. The Hall–Kier alpha value is -3.19. The van der Waals surface area contributed by atoms with E-state index in [-0.39, 0.29) is 47.9 Å². The number of benzene rings is 3. The molecular weight excluding hydrogens is 512 g/mol. The molecule has 0 spiro atoms. The van der Waals surface area contributed by atoms with E-state index in [9.17, 15) is 19.8 Å². The van der Waals surface area contributed by atoms with Crippen LogP contribution in [0, 0.1) is 0 Å². The van der Waals surface area contributed by atoms with Crippen LogP contribution in [0.25, 0.3) is 11.1 Å². The van der Waals surface area contributed by atoms with Gasteiger partial charge in [-0.05, 0) is 67.6 Å². The van der Waals surface area contributed by atoms with Crippen LogP contribution in [-0.2, 0) is 23.1 Å². The molecule has 204 valence electrons. The maximum atomic E-state index is 13.2. The van der Waals surface area contributed by atoms with E-state index in [1.54, 1.807) is 6.07 Å². The Morgan fingerprint density at radius 1 is 1.03 bits per heavy atom. The zero-order valence-electron chi connectivity index (χ0n) is 22.2. The van der Waals surface area contributed by atoms with Crippen LogP contribution in [0.15, 0.2) is 66.7 Å². The van der Waals surface area contributed by atoms with E-state index < -0.39 is 11.0 Å². The number of Topliss-reactive ketones (excluding diaryl/α,β-unsaturated/α-hetero) is 1. The monoisotopic (exact) mass is 546 g/mol. The van der Waals surface area contributed by atoms with Gasteiger partial charge in [0.1, 0.15) is 11.5 Å². The average molecular weight is 547 g/mol. The van der Waals surface area contributed by atoms with Crippen LogP contribution in [-0.4, -0.2) is 58.6 Å². The third kappa shape index (κ3) is 4.45. The van der Waals surface area contributed by atoms with Gasteiger partial charge in [-0.25, -0.2) is 0 Å². The fourth-order valence-corrected chi connectivity index (χ4v) is 7.22. The molecule has 0 radical (unpaired) electrons. The predicted octanol–water partition coefficient (Wildman–Crippen LogP) is 4.44. The highest BCUT2D eigenvalue weighted by Gasteiger charge is 2.65. The van der Waals surface area contributed by atoms with Gasteiger partial charge in [0.2, 0.25) is 0 Å². The number of aromatic hydroxyl groups is 1. The lowest BCUT2D eigenvalue weighted by Crippen LogP contribution is -2.72. The number of ketones is 1. The molecule has 3 aliphatic rings. The van der Waals surface area contributed by atoms with Crippen LogP contribution in [0.2, 0.25) is 0 Å². The smallest absolute Gasteiger partial charge is 0.255 e. The number of fused-ring (bicyclic) bond motifs is 1. The van der Waals surface area contributed by atoms with Crippen LogP contribution >= 0.6 is 12.4 Å². The first-order valence-electron chi connectivity index (χ1n) is 13.5. The zero-order valence-corrected chi connectivity index (χ0v) is 23.0. The third-order valence-corrected chi connectivity index (χ3v) is 9.25. The fraction of sp³-hybridized carbons (Fsp3) is 0.375. The van der Waals surface area contributed by atoms with Crippen molar-refractivity contribution < 1.29 is 19.8 Å². The Kier molecular flexibility index (Phi) is 7.31. The third-order valence-electron chi connectivity index (χ3n) is 9.25. The Labute approximate surface area is 235 Å². The normalized spacial score (nSPS) is 25.7. The van der Waals surface area contributed by atoms with Gasteiger partial charge in [-0.15, -0.1) is 12.4 Å².